The lowest BCUT2D eigenvalue weighted by Crippen LogP contribution is -2.17. The summed E-state index contributed by atoms with van der Waals surface area (Å²) in [6, 6.07) is 1.92. The van der Waals surface area contributed by atoms with Crippen LogP contribution in [0.1, 0.15) is 17.4 Å². The van der Waals surface area contributed by atoms with Crippen molar-refractivity contribution in [1.82, 2.24) is 4.98 Å². The molecule has 0 bridgehead atoms. The van der Waals surface area contributed by atoms with Gasteiger partial charge in [-0.25, -0.2) is 0 Å². The Hall–Kier alpha value is -0.450. The number of fused-ring (bicyclic) bond motifs is 1. The third-order valence-electron chi connectivity index (χ3n) is 1.82. The van der Waals surface area contributed by atoms with E-state index >= 15 is 0 Å². The van der Waals surface area contributed by atoms with Crippen LogP contribution in [0.25, 0.3) is 0 Å². The maximum Gasteiger partial charge on any atom is 0.120 e. The fourth-order valence-electron chi connectivity index (χ4n) is 1.27. The van der Waals surface area contributed by atoms with Crippen molar-refractivity contribution in [3.05, 3.63) is 28.0 Å². The summed E-state index contributed by atoms with van der Waals surface area (Å²) in [5.74, 6) is 0. The maximum absolute atomic E-state index is 9.45. The van der Waals surface area contributed by atoms with Crippen molar-refractivity contribution in [2.45, 2.75) is 12.7 Å². The standard InChI is InChI=1S/C8H8BrNO2/c9-6-1-5-3-12-4-7(11)8(5)10-2-6/h1-2,7,11H,3-4H2/t7-/m0/s1. The summed E-state index contributed by atoms with van der Waals surface area (Å²) in [5, 5.41) is 9.45. The molecule has 0 aromatic carbocycles. The second-order valence-corrected chi connectivity index (χ2v) is 3.64. The van der Waals surface area contributed by atoms with E-state index in [1.54, 1.807) is 6.20 Å². The summed E-state index contributed by atoms with van der Waals surface area (Å²) in [7, 11) is 0. The normalized spacial score (nSPS) is 22.0. The van der Waals surface area contributed by atoms with Gasteiger partial charge in [0.2, 0.25) is 0 Å². The number of aliphatic hydroxyl groups is 1. The number of halogens is 1. The van der Waals surface area contributed by atoms with E-state index in [2.05, 4.69) is 20.9 Å². The quantitative estimate of drug-likeness (QED) is 0.732. The van der Waals surface area contributed by atoms with Crippen molar-refractivity contribution < 1.29 is 9.84 Å². The molecule has 0 aliphatic carbocycles. The molecule has 1 aromatic rings. The number of ether oxygens (including phenoxy) is 1. The van der Waals surface area contributed by atoms with Crippen molar-refractivity contribution in [3.63, 3.8) is 0 Å². The molecule has 12 heavy (non-hydrogen) atoms. The van der Waals surface area contributed by atoms with E-state index < -0.39 is 6.10 Å². The van der Waals surface area contributed by atoms with Crippen LogP contribution in [0.2, 0.25) is 0 Å². The van der Waals surface area contributed by atoms with Gasteiger partial charge in [-0.15, -0.1) is 0 Å². The molecule has 0 unspecified atom stereocenters. The minimum atomic E-state index is -0.568. The molecule has 0 spiro atoms. The molecule has 1 atom stereocenters. The molecule has 0 fully saturated rings. The van der Waals surface area contributed by atoms with Gasteiger partial charge in [-0.05, 0) is 22.0 Å². The first-order valence-electron chi connectivity index (χ1n) is 3.67. The van der Waals surface area contributed by atoms with Crippen molar-refractivity contribution in [1.29, 1.82) is 0 Å². The highest BCUT2D eigenvalue weighted by atomic mass is 79.9. The van der Waals surface area contributed by atoms with E-state index in [4.69, 9.17) is 4.74 Å². The summed E-state index contributed by atoms with van der Waals surface area (Å²) >= 11 is 3.31. The number of aromatic nitrogens is 1. The third-order valence-corrected chi connectivity index (χ3v) is 2.25. The number of nitrogens with zero attached hydrogens (tertiary/aromatic N) is 1. The van der Waals surface area contributed by atoms with E-state index in [-0.39, 0.29) is 0 Å². The Labute approximate surface area is 78.5 Å². The molecule has 0 saturated carbocycles. The van der Waals surface area contributed by atoms with E-state index in [9.17, 15) is 5.11 Å². The Morgan fingerprint density at radius 3 is 3.33 bits per heavy atom. The number of hydrogen-bond acceptors (Lipinski definition) is 3. The zero-order valence-corrected chi connectivity index (χ0v) is 7.91. The summed E-state index contributed by atoms with van der Waals surface area (Å²) in [6.07, 6.45) is 1.12. The van der Waals surface area contributed by atoms with Crippen molar-refractivity contribution in [2.75, 3.05) is 6.61 Å². The molecule has 1 aliphatic heterocycles. The highest BCUT2D eigenvalue weighted by Gasteiger charge is 2.19. The van der Waals surface area contributed by atoms with Gasteiger partial charge in [0.25, 0.3) is 0 Å². The Bertz CT molecular complexity index is 303. The maximum atomic E-state index is 9.45. The van der Waals surface area contributed by atoms with Gasteiger partial charge in [-0.1, -0.05) is 0 Å². The molecule has 3 nitrogen and oxygen atoms in total. The molecule has 4 heteroatoms. The number of aliphatic hydroxyl groups excluding tert-OH is 1. The van der Waals surface area contributed by atoms with E-state index in [0.717, 1.165) is 15.7 Å². The van der Waals surface area contributed by atoms with Gasteiger partial charge in [0.15, 0.2) is 0 Å². The fraction of sp³-hybridized carbons (Fsp3) is 0.375. The molecule has 1 aromatic heterocycles. The molecule has 1 N–H and O–H groups in total. The highest BCUT2D eigenvalue weighted by Crippen LogP contribution is 2.24. The lowest BCUT2D eigenvalue weighted by Gasteiger charge is -2.20. The minimum Gasteiger partial charge on any atom is -0.384 e. The average molecular weight is 230 g/mol. The first-order chi connectivity index (χ1) is 5.77. The monoisotopic (exact) mass is 229 g/mol. The van der Waals surface area contributed by atoms with Gasteiger partial charge in [-0.3, -0.25) is 4.98 Å². The van der Waals surface area contributed by atoms with Crippen molar-refractivity contribution in [3.8, 4) is 0 Å². The Balaban J connectivity index is 2.46. The zero-order valence-electron chi connectivity index (χ0n) is 6.33. The van der Waals surface area contributed by atoms with Crippen molar-refractivity contribution >= 4 is 15.9 Å². The average Bonchev–Trinajstić information content (AvgIpc) is 2.04. The first kappa shape index (κ1) is 8.16. The molecular weight excluding hydrogens is 222 g/mol. The lowest BCUT2D eigenvalue weighted by atomic mass is 10.1. The van der Waals surface area contributed by atoms with Gasteiger partial charge in [0.05, 0.1) is 18.9 Å². The predicted molar refractivity (Wildman–Crippen MR) is 46.6 cm³/mol. The predicted octanol–water partition coefficient (Wildman–Crippen LogP) is 1.41. The van der Waals surface area contributed by atoms with Gasteiger partial charge in [0.1, 0.15) is 6.10 Å². The Morgan fingerprint density at radius 1 is 1.67 bits per heavy atom. The number of hydrogen-bond donors (Lipinski definition) is 1. The zero-order chi connectivity index (χ0) is 8.55. The summed E-state index contributed by atoms with van der Waals surface area (Å²) in [4.78, 5) is 4.12. The minimum absolute atomic E-state index is 0.349. The first-order valence-corrected chi connectivity index (χ1v) is 4.47. The van der Waals surface area contributed by atoms with E-state index in [1.807, 2.05) is 6.07 Å². The molecule has 0 amide bonds. The Kier molecular flexibility index (Phi) is 2.12. The smallest absolute Gasteiger partial charge is 0.120 e. The molecule has 2 rings (SSSR count). The number of rotatable bonds is 0. The summed E-state index contributed by atoms with van der Waals surface area (Å²) in [5.41, 5.74) is 1.70. The fourth-order valence-corrected chi connectivity index (χ4v) is 1.65. The van der Waals surface area contributed by atoms with Crippen LogP contribution < -0.4 is 0 Å². The van der Waals surface area contributed by atoms with Gasteiger partial charge in [-0.2, -0.15) is 0 Å². The van der Waals surface area contributed by atoms with Crippen molar-refractivity contribution in [2.24, 2.45) is 0 Å². The van der Waals surface area contributed by atoms with Crippen LogP contribution in [-0.4, -0.2) is 16.7 Å². The van der Waals surface area contributed by atoms with Crippen LogP contribution in [0.4, 0.5) is 0 Å². The van der Waals surface area contributed by atoms with Crippen LogP contribution in [0, 0.1) is 0 Å². The molecule has 1 aliphatic rings. The van der Waals surface area contributed by atoms with Crippen LogP contribution in [-0.2, 0) is 11.3 Å². The van der Waals surface area contributed by atoms with E-state index in [0.29, 0.717) is 13.2 Å². The van der Waals surface area contributed by atoms with Crippen LogP contribution >= 0.6 is 15.9 Å². The van der Waals surface area contributed by atoms with Crippen LogP contribution in [0.5, 0.6) is 0 Å². The van der Waals surface area contributed by atoms with Gasteiger partial charge in [0, 0.05) is 16.2 Å². The molecular formula is C8H8BrNO2. The summed E-state index contributed by atoms with van der Waals surface area (Å²) < 4.78 is 6.07. The summed E-state index contributed by atoms with van der Waals surface area (Å²) in [6.45, 7) is 0.889. The second-order valence-electron chi connectivity index (χ2n) is 2.73. The molecule has 2 heterocycles. The second kappa shape index (κ2) is 3.12. The largest absolute Gasteiger partial charge is 0.384 e. The molecule has 64 valence electrons. The molecule has 0 radical (unpaired) electrons. The molecule has 0 saturated heterocycles. The Morgan fingerprint density at radius 2 is 2.50 bits per heavy atom. The number of pyridine rings is 1. The van der Waals surface area contributed by atoms with Crippen LogP contribution in [0.15, 0.2) is 16.7 Å². The van der Waals surface area contributed by atoms with E-state index in [1.165, 1.54) is 0 Å². The topological polar surface area (TPSA) is 42.4 Å². The highest BCUT2D eigenvalue weighted by molar-refractivity contribution is 9.10. The third kappa shape index (κ3) is 1.37. The van der Waals surface area contributed by atoms with Crippen LogP contribution in [0.3, 0.4) is 0 Å². The lowest BCUT2D eigenvalue weighted by molar-refractivity contribution is 0.00689. The van der Waals surface area contributed by atoms with Gasteiger partial charge < -0.3 is 9.84 Å². The van der Waals surface area contributed by atoms with Gasteiger partial charge >= 0.3 is 0 Å². The SMILES string of the molecule is O[C@H]1COCc2cc(Br)cnc21.